The fraction of sp³-hybridized carbons (Fsp3) is 0.667. The van der Waals surface area contributed by atoms with Crippen molar-refractivity contribution in [1.82, 2.24) is 19.8 Å². The van der Waals surface area contributed by atoms with Crippen molar-refractivity contribution in [2.24, 2.45) is 5.92 Å². The minimum absolute atomic E-state index is 0.0618. The van der Waals surface area contributed by atoms with E-state index in [1.54, 1.807) is 6.08 Å². The van der Waals surface area contributed by atoms with Crippen LogP contribution in [0.15, 0.2) is 18.2 Å². The Morgan fingerprint density at radius 3 is 2.59 bits per heavy atom. The Morgan fingerprint density at radius 1 is 1.30 bits per heavy atom. The molecule has 6 heteroatoms. The summed E-state index contributed by atoms with van der Waals surface area (Å²) >= 11 is 0. The van der Waals surface area contributed by atoms with Gasteiger partial charge in [-0.15, -0.1) is 0 Å². The Balaban J connectivity index is 1.50. The van der Waals surface area contributed by atoms with Crippen molar-refractivity contribution >= 4 is 5.91 Å². The number of hydrogen-bond acceptors (Lipinski definition) is 5. The molecule has 3 rings (SSSR count). The molecule has 0 bridgehead atoms. The highest BCUT2D eigenvalue weighted by atomic mass is 16.5. The number of carbonyl (C=O) groups excluding carboxylic acids is 1. The smallest absolute Gasteiger partial charge is 0.246 e. The summed E-state index contributed by atoms with van der Waals surface area (Å²) in [6.07, 6.45) is 7.39. The van der Waals surface area contributed by atoms with Crippen molar-refractivity contribution in [2.45, 2.75) is 45.1 Å². The average Bonchev–Trinajstić information content (AvgIpc) is 2.96. The summed E-state index contributed by atoms with van der Waals surface area (Å²) in [5.41, 5.74) is 1.99. The minimum Gasteiger partial charge on any atom is -0.375 e. The molecule has 0 aromatic carbocycles. The van der Waals surface area contributed by atoms with Crippen molar-refractivity contribution in [3.63, 3.8) is 0 Å². The number of aromatic nitrogens is 2. The van der Waals surface area contributed by atoms with Crippen LogP contribution in [0.3, 0.4) is 0 Å². The number of rotatable bonds is 5. The summed E-state index contributed by atoms with van der Waals surface area (Å²) in [6.45, 7) is 7.15. The zero-order valence-electron chi connectivity index (χ0n) is 17.1. The van der Waals surface area contributed by atoms with Crippen molar-refractivity contribution in [3.05, 3.63) is 35.4 Å². The minimum atomic E-state index is -0.0618. The first kappa shape index (κ1) is 20.0. The van der Waals surface area contributed by atoms with E-state index < -0.39 is 0 Å². The molecule has 148 valence electrons. The van der Waals surface area contributed by atoms with Gasteiger partial charge < -0.3 is 14.5 Å². The highest BCUT2D eigenvalue weighted by Crippen LogP contribution is 2.39. The van der Waals surface area contributed by atoms with Crippen LogP contribution in [-0.4, -0.2) is 71.6 Å². The van der Waals surface area contributed by atoms with Gasteiger partial charge in [-0.2, -0.15) is 0 Å². The molecule has 3 heterocycles. The van der Waals surface area contributed by atoms with Crippen molar-refractivity contribution < 1.29 is 9.53 Å². The molecule has 0 radical (unpaired) electrons. The number of carbonyl (C=O) groups is 1. The van der Waals surface area contributed by atoms with Crippen LogP contribution in [0.1, 0.15) is 36.5 Å². The molecule has 1 aromatic rings. The van der Waals surface area contributed by atoms with Gasteiger partial charge in [0.1, 0.15) is 5.82 Å². The number of piperidine rings is 1. The molecular weight excluding hydrogens is 340 g/mol. The van der Waals surface area contributed by atoms with Crippen molar-refractivity contribution in [3.8, 4) is 0 Å². The van der Waals surface area contributed by atoms with Gasteiger partial charge in [0.05, 0.1) is 12.2 Å². The van der Waals surface area contributed by atoms with Crippen LogP contribution in [0.25, 0.3) is 0 Å². The maximum absolute atomic E-state index is 12.3. The van der Waals surface area contributed by atoms with E-state index in [1.165, 1.54) is 0 Å². The molecule has 2 fully saturated rings. The molecule has 1 amide bonds. The zero-order valence-corrected chi connectivity index (χ0v) is 17.1. The van der Waals surface area contributed by atoms with E-state index >= 15 is 0 Å². The van der Waals surface area contributed by atoms with Crippen molar-refractivity contribution in [1.29, 1.82) is 0 Å². The number of ether oxygens (including phenoxy) is 1. The summed E-state index contributed by atoms with van der Waals surface area (Å²) in [7, 11) is 3.99. The first-order valence-electron chi connectivity index (χ1n) is 9.90. The third-order valence-corrected chi connectivity index (χ3v) is 5.50. The van der Waals surface area contributed by atoms with Gasteiger partial charge in [-0.3, -0.25) is 4.79 Å². The number of likely N-dealkylation sites (tertiary alicyclic amines) is 1. The number of hydrogen-bond donors (Lipinski definition) is 0. The Bertz CT molecular complexity index is 673. The van der Waals surface area contributed by atoms with Gasteiger partial charge >= 0.3 is 0 Å². The van der Waals surface area contributed by atoms with E-state index in [-0.39, 0.29) is 11.5 Å². The van der Waals surface area contributed by atoms with Gasteiger partial charge in [0.25, 0.3) is 0 Å². The van der Waals surface area contributed by atoms with Gasteiger partial charge in [0.2, 0.25) is 5.91 Å². The zero-order chi connectivity index (χ0) is 19.4. The summed E-state index contributed by atoms with van der Waals surface area (Å²) in [6, 6.07) is 2.01. The van der Waals surface area contributed by atoms with Gasteiger partial charge in [0.15, 0.2) is 0 Å². The molecule has 2 saturated heterocycles. The van der Waals surface area contributed by atoms with Crippen LogP contribution in [0.2, 0.25) is 0 Å². The van der Waals surface area contributed by atoms with Crippen molar-refractivity contribution in [2.75, 3.05) is 40.3 Å². The Kier molecular flexibility index (Phi) is 6.27. The summed E-state index contributed by atoms with van der Waals surface area (Å²) in [4.78, 5) is 25.5. The Hall–Kier alpha value is -1.79. The molecule has 2 aliphatic rings. The molecule has 0 N–H and O–H groups in total. The molecule has 1 atom stereocenters. The van der Waals surface area contributed by atoms with Crippen LogP contribution >= 0.6 is 0 Å². The van der Waals surface area contributed by atoms with E-state index in [0.717, 1.165) is 69.1 Å². The summed E-state index contributed by atoms with van der Waals surface area (Å²) in [5.74, 6) is 1.51. The normalized spacial score (nSPS) is 22.3. The Labute approximate surface area is 162 Å². The van der Waals surface area contributed by atoms with Crippen LogP contribution in [0.5, 0.6) is 0 Å². The van der Waals surface area contributed by atoms with Crippen LogP contribution in [-0.2, 0) is 16.0 Å². The van der Waals surface area contributed by atoms with Gasteiger partial charge in [-0.25, -0.2) is 9.97 Å². The maximum Gasteiger partial charge on any atom is 0.246 e. The molecule has 2 aliphatic heterocycles. The van der Waals surface area contributed by atoms with Crippen LogP contribution < -0.4 is 0 Å². The standard InChI is InChI=1S/C21H32N4O2/c1-16-12-17(2)23-19(22-16)13-18-14-21(27-15-18)7-10-25(11-8-21)20(26)6-5-9-24(3)4/h5-6,12,18H,7-11,13-15H2,1-4H3/b6-5+. The molecule has 1 unspecified atom stereocenters. The molecule has 0 saturated carbocycles. The number of likely N-dealkylation sites (N-methyl/N-ethyl adjacent to an activating group) is 1. The lowest BCUT2D eigenvalue weighted by Gasteiger charge is -2.38. The predicted octanol–water partition coefficient (Wildman–Crippen LogP) is 2.15. The summed E-state index contributed by atoms with van der Waals surface area (Å²) in [5, 5.41) is 0. The van der Waals surface area contributed by atoms with E-state index in [2.05, 4.69) is 9.97 Å². The second kappa shape index (κ2) is 8.48. The van der Waals surface area contributed by atoms with Gasteiger partial charge in [-0.05, 0) is 59.2 Å². The molecule has 27 heavy (non-hydrogen) atoms. The molecular formula is C21H32N4O2. The number of nitrogens with zero attached hydrogens (tertiary/aromatic N) is 4. The average molecular weight is 373 g/mol. The SMILES string of the molecule is Cc1cc(C)nc(CC2COC3(CCN(C(=O)/C=C/CN(C)C)CC3)C2)n1. The molecule has 0 aliphatic carbocycles. The van der Waals surface area contributed by atoms with Crippen LogP contribution in [0, 0.1) is 19.8 Å². The van der Waals surface area contributed by atoms with E-state index in [9.17, 15) is 4.79 Å². The lowest BCUT2D eigenvalue weighted by Crippen LogP contribution is -2.46. The largest absolute Gasteiger partial charge is 0.375 e. The fourth-order valence-corrected chi connectivity index (χ4v) is 4.17. The quantitative estimate of drug-likeness (QED) is 0.741. The monoisotopic (exact) mass is 372 g/mol. The lowest BCUT2D eigenvalue weighted by molar-refractivity contribution is -0.130. The predicted molar refractivity (Wildman–Crippen MR) is 106 cm³/mol. The van der Waals surface area contributed by atoms with E-state index in [1.807, 2.05) is 49.9 Å². The topological polar surface area (TPSA) is 58.6 Å². The first-order valence-corrected chi connectivity index (χ1v) is 9.90. The van der Waals surface area contributed by atoms with Gasteiger partial charge in [0, 0.05) is 43.5 Å². The third-order valence-electron chi connectivity index (χ3n) is 5.50. The van der Waals surface area contributed by atoms with E-state index in [0.29, 0.717) is 5.92 Å². The first-order chi connectivity index (χ1) is 12.8. The Morgan fingerprint density at radius 2 is 1.96 bits per heavy atom. The molecule has 1 spiro atoms. The third kappa shape index (κ3) is 5.36. The lowest BCUT2D eigenvalue weighted by atomic mass is 9.84. The number of aryl methyl sites for hydroxylation is 2. The fourth-order valence-electron chi connectivity index (χ4n) is 4.17. The molecule has 1 aromatic heterocycles. The van der Waals surface area contributed by atoms with Gasteiger partial charge in [-0.1, -0.05) is 6.08 Å². The highest BCUT2D eigenvalue weighted by molar-refractivity contribution is 5.87. The molecule has 6 nitrogen and oxygen atoms in total. The van der Waals surface area contributed by atoms with E-state index in [4.69, 9.17) is 4.74 Å². The summed E-state index contributed by atoms with van der Waals surface area (Å²) < 4.78 is 6.25. The second-order valence-electron chi connectivity index (χ2n) is 8.33. The highest BCUT2D eigenvalue weighted by Gasteiger charge is 2.43. The maximum atomic E-state index is 12.3. The van der Waals surface area contributed by atoms with Crippen LogP contribution in [0.4, 0.5) is 0 Å². The number of amides is 1. The second-order valence-corrected chi connectivity index (χ2v) is 8.33.